The quantitative estimate of drug-likeness (QED) is 0.654. The Hall–Kier alpha value is -3.16. The highest BCUT2D eigenvalue weighted by Gasteiger charge is 2.34. The molecule has 0 radical (unpaired) electrons. The number of rotatable bonds is 1. The Kier molecular flexibility index (Phi) is 3.02. The van der Waals surface area contributed by atoms with E-state index in [0.717, 1.165) is 15.7 Å². The summed E-state index contributed by atoms with van der Waals surface area (Å²) in [6, 6.07) is 5.82. The molecule has 0 N–H and O–H groups in total. The zero-order valence-corrected chi connectivity index (χ0v) is 14.4. The zero-order valence-electron chi connectivity index (χ0n) is 14.4. The summed E-state index contributed by atoms with van der Waals surface area (Å²) in [5, 5.41) is 0. The van der Waals surface area contributed by atoms with Crippen LogP contribution in [0.3, 0.4) is 0 Å². The van der Waals surface area contributed by atoms with Crippen LogP contribution in [0.15, 0.2) is 27.8 Å². The van der Waals surface area contributed by atoms with Gasteiger partial charge in [-0.25, -0.2) is 9.69 Å². The predicted octanol–water partition coefficient (Wildman–Crippen LogP) is 0.729. The van der Waals surface area contributed by atoms with Crippen LogP contribution < -0.4 is 16.1 Å². The molecule has 0 atom stereocenters. The number of amides is 1. The Morgan fingerprint density at radius 3 is 2.24 bits per heavy atom. The highest BCUT2D eigenvalue weighted by atomic mass is 16.2. The second-order valence-electron chi connectivity index (χ2n) is 6.45. The minimum Gasteiger partial charge on any atom is -0.294 e. The van der Waals surface area contributed by atoms with Gasteiger partial charge in [-0.2, -0.15) is 4.98 Å². The van der Waals surface area contributed by atoms with E-state index in [-0.39, 0.29) is 23.6 Å². The molecule has 25 heavy (non-hydrogen) atoms. The van der Waals surface area contributed by atoms with E-state index < -0.39 is 11.2 Å². The Labute approximate surface area is 142 Å². The molecule has 1 aliphatic rings. The molecule has 0 bridgehead atoms. The first-order chi connectivity index (χ1) is 11.8. The van der Waals surface area contributed by atoms with E-state index in [1.807, 2.05) is 32.0 Å². The van der Waals surface area contributed by atoms with E-state index in [4.69, 9.17) is 0 Å². The minimum absolute atomic E-state index is 0.0201. The van der Waals surface area contributed by atoms with E-state index in [9.17, 15) is 14.4 Å². The fourth-order valence-corrected chi connectivity index (χ4v) is 3.41. The molecule has 1 aromatic carbocycles. The van der Waals surface area contributed by atoms with Gasteiger partial charge in [-0.3, -0.25) is 23.3 Å². The molecule has 2 aromatic heterocycles. The first-order valence-corrected chi connectivity index (χ1v) is 7.87. The van der Waals surface area contributed by atoms with Crippen LogP contribution in [-0.4, -0.2) is 24.6 Å². The monoisotopic (exact) mass is 339 g/mol. The van der Waals surface area contributed by atoms with Crippen molar-refractivity contribution in [1.29, 1.82) is 0 Å². The summed E-state index contributed by atoms with van der Waals surface area (Å²) in [5.74, 6) is 0.202. The maximum absolute atomic E-state index is 12.6. The van der Waals surface area contributed by atoms with Crippen molar-refractivity contribution in [3.05, 3.63) is 50.2 Å². The van der Waals surface area contributed by atoms with Gasteiger partial charge in [-0.1, -0.05) is 6.07 Å². The molecule has 3 aromatic rings. The van der Waals surface area contributed by atoms with Crippen LogP contribution in [0.25, 0.3) is 11.2 Å². The molecule has 1 amide bonds. The molecular weight excluding hydrogens is 322 g/mol. The number of aryl methyl sites for hydroxylation is 3. The standard InChI is InChI=1S/C17H17N5O3/c1-9-5-10(2)7-11(6-9)22-12(23)8-21-13-14(18-16(21)22)19(3)17(25)20(4)15(13)24/h5-7H,8H2,1-4H3. The fourth-order valence-electron chi connectivity index (χ4n) is 3.41. The Morgan fingerprint density at radius 1 is 0.960 bits per heavy atom. The third-order valence-electron chi connectivity index (χ3n) is 4.54. The van der Waals surface area contributed by atoms with Crippen molar-refractivity contribution in [1.82, 2.24) is 18.7 Å². The predicted molar refractivity (Wildman–Crippen MR) is 93.3 cm³/mol. The summed E-state index contributed by atoms with van der Waals surface area (Å²) in [5.41, 5.74) is 2.41. The maximum atomic E-state index is 12.6. The number of carbonyl (C=O) groups is 1. The van der Waals surface area contributed by atoms with Gasteiger partial charge in [-0.15, -0.1) is 0 Å². The number of nitrogens with zero attached hydrogens (tertiary/aromatic N) is 5. The molecule has 0 saturated carbocycles. The summed E-state index contributed by atoms with van der Waals surface area (Å²) < 4.78 is 3.94. The van der Waals surface area contributed by atoms with Crippen molar-refractivity contribution in [3.63, 3.8) is 0 Å². The molecule has 4 rings (SSSR count). The van der Waals surface area contributed by atoms with Crippen LogP contribution >= 0.6 is 0 Å². The third kappa shape index (κ3) is 2.00. The van der Waals surface area contributed by atoms with Gasteiger partial charge in [-0.05, 0) is 37.1 Å². The smallest absolute Gasteiger partial charge is 0.294 e. The molecule has 8 heteroatoms. The van der Waals surface area contributed by atoms with E-state index in [1.165, 1.54) is 16.5 Å². The van der Waals surface area contributed by atoms with Crippen LogP contribution in [0.5, 0.6) is 0 Å². The number of hydrogen-bond donors (Lipinski definition) is 0. The van der Waals surface area contributed by atoms with Crippen molar-refractivity contribution in [2.45, 2.75) is 20.4 Å². The molecule has 8 nitrogen and oxygen atoms in total. The normalized spacial score (nSPS) is 13.8. The molecular formula is C17H17N5O3. The molecule has 0 unspecified atom stereocenters. The van der Waals surface area contributed by atoms with Crippen molar-refractivity contribution >= 4 is 28.7 Å². The minimum atomic E-state index is -0.452. The molecule has 128 valence electrons. The first-order valence-electron chi connectivity index (χ1n) is 7.87. The van der Waals surface area contributed by atoms with Crippen LogP contribution in [0.2, 0.25) is 0 Å². The Morgan fingerprint density at radius 2 is 1.60 bits per heavy atom. The van der Waals surface area contributed by atoms with Gasteiger partial charge in [0.15, 0.2) is 11.2 Å². The second-order valence-corrected chi connectivity index (χ2v) is 6.45. The van der Waals surface area contributed by atoms with Crippen molar-refractivity contribution < 1.29 is 4.79 Å². The van der Waals surface area contributed by atoms with Gasteiger partial charge in [0.25, 0.3) is 11.5 Å². The van der Waals surface area contributed by atoms with E-state index >= 15 is 0 Å². The average Bonchev–Trinajstić information content (AvgIpc) is 3.04. The second kappa shape index (κ2) is 4.92. The summed E-state index contributed by atoms with van der Waals surface area (Å²) >= 11 is 0. The highest BCUT2D eigenvalue weighted by molar-refractivity contribution is 6.04. The lowest BCUT2D eigenvalue weighted by Gasteiger charge is -2.15. The number of hydrogen-bond acceptors (Lipinski definition) is 4. The molecule has 1 aliphatic heterocycles. The van der Waals surface area contributed by atoms with Crippen LogP contribution in [-0.2, 0) is 25.4 Å². The molecule has 0 aliphatic carbocycles. The Bertz CT molecular complexity index is 1160. The topological polar surface area (TPSA) is 82.1 Å². The summed E-state index contributed by atoms with van der Waals surface area (Å²) in [7, 11) is 2.98. The average molecular weight is 339 g/mol. The lowest BCUT2D eigenvalue weighted by molar-refractivity contribution is -0.117. The molecule has 0 saturated heterocycles. The zero-order chi connectivity index (χ0) is 18.0. The molecule has 3 heterocycles. The van der Waals surface area contributed by atoms with E-state index in [2.05, 4.69) is 4.98 Å². The third-order valence-corrected chi connectivity index (χ3v) is 4.54. The van der Waals surface area contributed by atoms with Crippen LogP contribution in [0, 0.1) is 13.8 Å². The molecule has 0 spiro atoms. The number of anilines is 2. The molecule has 0 fully saturated rings. The van der Waals surface area contributed by atoms with Gasteiger partial charge in [0, 0.05) is 14.1 Å². The largest absolute Gasteiger partial charge is 0.332 e. The first kappa shape index (κ1) is 15.4. The van der Waals surface area contributed by atoms with E-state index in [1.54, 1.807) is 11.6 Å². The maximum Gasteiger partial charge on any atom is 0.332 e. The summed E-state index contributed by atoms with van der Waals surface area (Å²) in [6.45, 7) is 3.94. The number of aromatic nitrogens is 4. The van der Waals surface area contributed by atoms with Gasteiger partial charge in [0.2, 0.25) is 5.95 Å². The van der Waals surface area contributed by atoms with Crippen LogP contribution in [0.1, 0.15) is 11.1 Å². The van der Waals surface area contributed by atoms with Crippen molar-refractivity contribution in [2.75, 3.05) is 4.90 Å². The number of fused-ring (bicyclic) bond motifs is 3. The van der Waals surface area contributed by atoms with Gasteiger partial charge >= 0.3 is 5.69 Å². The number of carbonyl (C=O) groups excluding carboxylic acids is 1. The number of imidazole rings is 1. The van der Waals surface area contributed by atoms with Crippen molar-refractivity contribution in [3.8, 4) is 0 Å². The lowest BCUT2D eigenvalue weighted by Crippen LogP contribution is -2.37. The van der Waals surface area contributed by atoms with Crippen molar-refractivity contribution in [2.24, 2.45) is 14.1 Å². The lowest BCUT2D eigenvalue weighted by atomic mass is 10.1. The van der Waals surface area contributed by atoms with Gasteiger partial charge in [0.1, 0.15) is 6.54 Å². The fraction of sp³-hybridized carbons (Fsp3) is 0.294. The Balaban J connectivity index is 2.05. The SMILES string of the molecule is Cc1cc(C)cc(N2C(=O)Cn3c2nc2c3c(=O)n(C)c(=O)n2C)c1. The van der Waals surface area contributed by atoms with Crippen LogP contribution in [0.4, 0.5) is 11.6 Å². The van der Waals surface area contributed by atoms with E-state index in [0.29, 0.717) is 11.6 Å². The number of benzene rings is 1. The van der Waals surface area contributed by atoms with Gasteiger partial charge in [0.05, 0.1) is 5.69 Å². The highest BCUT2D eigenvalue weighted by Crippen LogP contribution is 2.33. The summed E-state index contributed by atoms with van der Waals surface area (Å²) in [6.07, 6.45) is 0. The van der Waals surface area contributed by atoms with Gasteiger partial charge < -0.3 is 0 Å². The summed E-state index contributed by atoms with van der Waals surface area (Å²) in [4.78, 5) is 43.2.